The molecule has 1 aliphatic carbocycles. The first-order valence-electron chi connectivity index (χ1n) is 28.7. The van der Waals surface area contributed by atoms with Gasteiger partial charge in [0.1, 0.15) is 5.58 Å². The third kappa shape index (κ3) is 7.21. The van der Waals surface area contributed by atoms with Crippen LogP contribution in [0.2, 0.25) is 0 Å². The first-order valence-corrected chi connectivity index (χ1v) is 29.6. The second-order valence-electron chi connectivity index (χ2n) is 26.8. The van der Waals surface area contributed by atoms with E-state index in [4.69, 9.17) is 4.42 Å². The van der Waals surface area contributed by atoms with Crippen LogP contribution < -0.4 is 25.5 Å². The molecule has 79 heavy (non-hydrogen) atoms. The standard InChI is InChI=1S/C73H68BN3OS/c1-43-37-57-58(73(10,11)36-35-72(57,8)9)42-61(43)76-60-34-25-45(44-19-13-12-14-20-44)38-59(60)74-65-53(41-55-51-21-15-17-23-62(51)78-68(55)67(65)76)54-39-50(40-56-64-52-22-16-18-24-63(52)79-69(64)77(74)66(54)56)75(48-30-26-46(27-31-48)70(2,3)4)49-32-28-47(29-33-49)71(5,6)7/h12-34,37-42,64,69H,35-36H2,1-11H3. The normalized spacial score (nSPS) is 18.0. The zero-order valence-corrected chi connectivity index (χ0v) is 48.4. The van der Waals surface area contributed by atoms with Crippen molar-refractivity contribution >= 4 is 91.3 Å². The van der Waals surface area contributed by atoms with Gasteiger partial charge < -0.3 is 19.0 Å². The predicted octanol–water partition coefficient (Wildman–Crippen LogP) is 18.9. The predicted molar refractivity (Wildman–Crippen MR) is 337 cm³/mol. The molecule has 9 aromatic carbocycles. The molecule has 0 N–H and O–H groups in total. The van der Waals surface area contributed by atoms with E-state index in [-0.39, 0.29) is 39.8 Å². The molecule has 2 unspecified atom stereocenters. The summed E-state index contributed by atoms with van der Waals surface area (Å²) >= 11 is 2.05. The van der Waals surface area contributed by atoms with Gasteiger partial charge in [0.05, 0.1) is 11.1 Å². The number of hydrogen-bond donors (Lipinski definition) is 0. The lowest BCUT2D eigenvalue weighted by atomic mass is 9.43. The van der Waals surface area contributed by atoms with Crippen LogP contribution in [0.1, 0.15) is 127 Å². The molecule has 10 aromatic rings. The lowest BCUT2D eigenvalue weighted by Gasteiger charge is -2.47. The molecule has 5 aliphatic rings. The molecule has 15 rings (SSSR count). The van der Waals surface area contributed by atoms with Gasteiger partial charge in [-0.1, -0.05) is 178 Å². The van der Waals surface area contributed by atoms with E-state index in [1.807, 2.05) is 11.8 Å². The Labute approximate surface area is 471 Å². The number of rotatable bonds is 5. The van der Waals surface area contributed by atoms with E-state index in [1.165, 1.54) is 101 Å². The lowest BCUT2D eigenvalue weighted by Crippen LogP contribution is -2.64. The molecule has 6 heteroatoms. The Kier molecular flexibility index (Phi) is 10.4. The molecular formula is C73H68BN3OS. The zero-order chi connectivity index (χ0) is 54.2. The molecule has 0 saturated heterocycles. The summed E-state index contributed by atoms with van der Waals surface area (Å²) < 4.78 is 7.39. The van der Waals surface area contributed by atoms with Gasteiger partial charge in [-0.25, -0.2) is 0 Å². The number of para-hydroxylation sites is 1. The summed E-state index contributed by atoms with van der Waals surface area (Å²) in [4.78, 5) is 9.42. The summed E-state index contributed by atoms with van der Waals surface area (Å²) in [6.07, 6.45) is 2.31. The Bertz CT molecular complexity index is 4120. The van der Waals surface area contributed by atoms with Crippen LogP contribution in [0.5, 0.6) is 0 Å². The highest BCUT2D eigenvalue weighted by atomic mass is 32.2. The first-order chi connectivity index (χ1) is 37.8. The largest absolute Gasteiger partial charge is 0.454 e. The van der Waals surface area contributed by atoms with Crippen molar-refractivity contribution in [2.75, 3.05) is 14.6 Å². The minimum Gasteiger partial charge on any atom is -0.454 e. The Morgan fingerprint density at radius 2 is 1.19 bits per heavy atom. The van der Waals surface area contributed by atoms with Gasteiger partial charge in [0.25, 0.3) is 0 Å². The van der Waals surface area contributed by atoms with Crippen LogP contribution in [0.15, 0.2) is 185 Å². The average Bonchev–Trinajstić information content (AvgIpc) is 2.79. The van der Waals surface area contributed by atoms with Gasteiger partial charge in [0.2, 0.25) is 0 Å². The van der Waals surface area contributed by atoms with E-state index >= 15 is 0 Å². The highest BCUT2D eigenvalue weighted by Crippen LogP contribution is 2.64. The minimum atomic E-state index is -0.120. The van der Waals surface area contributed by atoms with Crippen LogP contribution in [0, 0.1) is 6.92 Å². The van der Waals surface area contributed by atoms with E-state index in [0.717, 1.165) is 51.1 Å². The molecule has 2 atom stereocenters. The van der Waals surface area contributed by atoms with E-state index in [1.54, 1.807) is 0 Å². The van der Waals surface area contributed by atoms with Crippen LogP contribution in [-0.4, -0.2) is 12.2 Å². The van der Waals surface area contributed by atoms with Gasteiger partial charge in [0, 0.05) is 61.3 Å². The highest BCUT2D eigenvalue weighted by Gasteiger charge is 2.56. The third-order valence-electron chi connectivity index (χ3n) is 18.8. The number of benzene rings is 9. The Morgan fingerprint density at radius 1 is 0.557 bits per heavy atom. The molecule has 4 aliphatic heterocycles. The molecule has 0 radical (unpaired) electrons. The second-order valence-corrected chi connectivity index (χ2v) is 27.9. The fourth-order valence-corrected chi connectivity index (χ4v) is 16.0. The van der Waals surface area contributed by atoms with E-state index in [2.05, 4.69) is 267 Å². The van der Waals surface area contributed by atoms with Crippen LogP contribution in [-0.2, 0) is 21.7 Å². The summed E-state index contributed by atoms with van der Waals surface area (Å²) in [6.45, 7) is 25.9. The number of anilines is 7. The van der Waals surface area contributed by atoms with Crippen LogP contribution in [0.25, 0.3) is 44.2 Å². The van der Waals surface area contributed by atoms with Crippen molar-refractivity contribution in [1.29, 1.82) is 0 Å². The van der Waals surface area contributed by atoms with Crippen molar-refractivity contribution in [2.45, 2.75) is 127 Å². The van der Waals surface area contributed by atoms with E-state index < -0.39 is 0 Å². The number of fused-ring (bicyclic) bond motifs is 14. The maximum absolute atomic E-state index is 7.39. The second kappa shape index (κ2) is 16.8. The number of nitrogens with zero attached hydrogens (tertiary/aromatic N) is 3. The molecule has 0 amide bonds. The van der Waals surface area contributed by atoms with Crippen LogP contribution in [0.3, 0.4) is 0 Å². The molecule has 4 nitrogen and oxygen atoms in total. The van der Waals surface area contributed by atoms with Crippen molar-refractivity contribution in [3.05, 3.63) is 215 Å². The van der Waals surface area contributed by atoms with E-state index in [9.17, 15) is 0 Å². The van der Waals surface area contributed by atoms with Crippen molar-refractivity contribution in [3.8, 4) is 22.3 Å². The fraction of sp³-hybridized carbons (Fsp3) is 0.260. The number of aryl methyl sites for hydroxylation is 1. The van der Waals surface area contributed by atoms with Crippen molar-refractivity contribution in [2.24, 2.45) is 0 Å². The maximum Gasteiger partial charge on any atom is 0.329 e. The van der Waals surface area contributed by atoms with Crippen LogP contribution >= 0.6 is 11.8 Å². The number of furan rings is 1. The molecule has 0 saturated carbocycles. The van der Waals surface area contributed by atoms with E-state index in [0.29, 0.717) is 0 Å². The Balaban J connectivity index is 1.07. The Morgan fingerprint density at radius 3 is 1.87 bits per heavy atom. The molecule has 1 aromatic heterocycles. The summed E-state index contributed by atoms with van der Waals surface area (Å²) in [5.74, 6) is 0.136. The van der Waals surface area contributed by atoms with Crippen LogP contribution in [0.4, 0.5) is 39.8 Å². The monoisotopic (exact) mass is 1050 g/mol. The average molecular weight is 1050 g/mol. The topological polar surface area (TPSA) is 22.9 Å². The molecule has 390 valence electrons. The zero-order valence-electron chi connectivity index (χ0n) is 47.5. The number of thioether (sulfide) groups is 1. The summed E-state index contributed by atoms with van der Waals surface area (Å²) in [6, 6.07) is 67.8. The summed E-state index contributed by atoms with van der Waals surface area (Å²) in [7, 11) is 0. The van der Waals surface area contributed by atoms with Gasteiger partial charge >= 0.3 is 6.85 Å². The fourth-order valence-electron chi connectivity index (χ4n) is 14.4. The molecule has 0 bridgehead atoms. The lowest BCUT2D eigenvalue weighted by molar-refractivity contribution is 0.332. The number of hydrogen-bond acceptors (Lipinski definition) is 5. The maximum atomic E-state index is 7.39. The van der Waals surface area contributed by atoms with Crippen molar-refractivity contribution < 1.29 is 4.42 Å². The first kappa shape index (κ1) is 48.7. The molecule has 5 heterocycles. The molecular weight excluding hydrogens is 978 g/mol. The van der Waals surface area contributed by atoms with Gasteiger partial charge in [-0.2, -0.15) is 0 Å². The highest BCUT2D eigenvalue weighted by molar-refractivity contribution is 8.00. The van der Waals surface area contributed by atoms with Crippen molar-refractivity contribution in [3.63, 3.8) is 0 Å². The van der Waals surface area contributed by atoms with Gasteiger partial charge in [0.15, 0.2) is 5.58 Å². The summed E-state index contributed by atoms with van der Waals surface area (Å²) in [5.41, 5.74) is 27.6. The smallest absolute Gasteiger partial charge is 0.329 e. The molecule has 0 spiro atoms. The van der Waals surface area contributed by atoms with Gasteiger partial charge in [-0.3, -0.25) is 0 Å². The quantitative estimate of drug-likeness (QED) is 0.160. The molecule has 0 fully saturated rings. The Hall–Kier alpha value is -7.41. The minimum absolute atomic E-state index is 0.00738. The third-order valence-corrected chi connectivity index (χ3v) is 20.2. The summed E-state index contributed by atoms with van der Waals surface area (Å²) in [5, 5.41) is 2.39. The van der Waals surface area contributed by atoms with Gasteiger partial charge in [-0.15, -0.1) is 11.8 Å². The van der Waals surface area contributed by atoms with Gasteiger partial charge in [-0.05, 0) is 175 Å². The van der Waals surface area contributed by atoms with Crippen molar-refractivity contribution in [1.82, 2.24) is 0 Å². The SMILES string of the molecule is Cc1cc2c(cc1N1c3ccc(-c4ccccc4)cc3B3c4c(cc5c(oc6ccccc65)c41)-c1cc(N(c4ccc(C(C)(C)C)cc4)c4ccc(C(C)(C)C)cc4)cc4c1N3C1Sc3ccccc3C41)C(C)(C)CCC2(C)C.